The van der Waals surface area contributed by atoms with Gasteiger partial charge in [-0.05, 0) is 37.3 Å². The Balaban J connectivity index is 1.72. The summed E-state index contributed by atoms with van der Waals surface area (Å²) in [7, 11) is 2.94. The first kappa shape index (κ1) is 27.1. The van der Waals surface area contributed by atoms with Gasteiger partial charge in [0.2, 0.25) is 0 Å². The molecule has 0 aliphatic heterocycles. The molecule has 0 saturated heterocycles. The normalized spacial score (nSPS) is 11.6. The first-order valence-electron chi connectivity index (χ1n) is 11.3. The van der Waals surface area contributed by atoms with Gasteiger partial charge in [0.15, 0.2) is 11.9 Å². The number of phenols is 1. The molecule has 9 heteroatoms. The number of nitrogens with zero attached hydrogens (tertiary/aromatic N) is 2. The molecule has 0 aliphatic carbocycles. The summed E-state index contributed by atoms with van der Waals surface area (Å²) in [4.78, 5) is 24.6. The number of hydrogen-bond donors (Lipinski definition) is 1. The van der Waals surface area contributed by atoms with Crippen LogP contribution in [0.4, 0.5) is 11.4 Å². The first-order valence-corrected chi connectivity index (χ1v) is 11.3. The number of ether oxygens (including phenoxy) is 4. The van der Waals surface area contributed by atoms with E-state index in [2.05, 4.69) is 16.8 Å². The molecule has 9 nitrogen and oxygen atoms in total. The summed E-state index contributed by atoms with van der Waals surface area (Å²) in [5.41, 5.74) is 1.60. The van der Waals surface area contributed by atoms with Gasteiger partial charge in [0.25, 0.3) is 0 Å². The molecule has 1 N–H and O–H groups in total. The van der Waals surface area contributed by atoms with Gasteiger partial charge < -0.3 is 24.1 Å². The van der Waals surface area contributed by atoms with Crippen molar-refractivity contribution < 1.29 is 33.6 Å². The third-order valence-corrected chi connectivity index (χ3v) is 5.10. The number of methoxy groups -OCH3 is 2. The van der Waals surface area contributed by atoms with Crippen LogP contribution in [0.5, 0.6) is 17.2 Å². The van der Waals surface area contributed by atoms with Crippen molar-refractivity contribution in [1.29, 1.82) is 0 Å². The van der Waals surface area contributed by atoms with Gasteiger partial charge in [0, 0.05) is 24.3 Å². The van der Waals surface area contributed by atoms with Crippen molar-refractivity contribution in [2.75, 3.05) is 27.4 Å². The number of aromatic hydroxyl groups is 1. The number of carbonyl (C=O) groups excluding carboxylic acids is 2. The lowest BCUT2D eigenvalue weighted by molar-refractivity contribution is -0.148. The van der Waals surface area contributed by atoms with E-state index in [4.69, 9.17) is 18.9 Å². The molecular weight excluding hydrogens is 476 g/mol. The predicted molar refractivity (Wildman–Crippen MR) is 137 cm³/mol. The standard InChI is InChI=1S/C28H28N2O7/c1-18(2)28(33)37-22(16-34-3)17-36-21-12-10-20(11-13-21)29-30-24-14-23(25(31)15-26(24)35-4)27(32)19-8-6-5-7-9-19/h5-15,22,31H,1,16-17H2,2-4H3. The summed E-state index contributed by atoms with van der Waals surface area (Å²) in [6, 6.07) is 18.1. The Kier molecular flexibility index (Phi) is 9.51. The monoisotopic (exact) mass is 504 g/mol. The Morgan fingerprint density at radius 2 is 1.68 bits per heavy atom. The fraction of sp³-hybridized carbons (Fsp3) is 0.214. The third-order valence-electron chi connectivity index (χ3n) is 5.10. The summed E-state index contributed by atoms with van der Waals surface area (Å²) in [5, 5.41) is 18.8. The average molecular weight is 505 g/mol. The van der Waals surface area contributed by atoms with Gasteiger partial charge in [-0.1, -0.05) is 36.9 Å². The van der Waals surface area contributed by atoms with Crippen LogP contribution in [0.15, 0.2) is 89.1 Å². The summed E-state index contributed by atoms with van der Waals surface area (Å²) >= 11 is 0. The van der Waals surface area contributed by atoms with Crippen molar-refractivity contribution in [2.45, 2.75) is 13.0 Å². The topological polar surface area (TPSA) is 116 Å². The molecule has 0 heterocycles. The van der Waals surface area contributed by atoms with E-state index in [0.717, 1.165) is 0 Å². The molecule has 1 atom stereocenters. The lowest BCUT2D eigenvalue weighted by Crippen LogP contribution is -2.29. The van der Waals surface area contributed by atoms with Crippen molar-refractivity contribution >= 4 is 23.1 Å². The molecule has 3 rings (SSSR count). The van der Waals surface area contributed by atoms with Gasteiger partial charge in [0.1, 0.15) is 29.5 Å². The Morgan fingerprint density at radius 1 is 0.973 bits per heavy atom. The van der Waals surface area contributed by atoms with Gasteiger partial charge in [-0.3, -0.25) is 4.79 Å². The summed E-state index contributed by atoms with van der Waals surface area (Å²) in [5.74, 6) is -0.283. The van der Waals surface area contributed by atoms with Crippen LogP contribution in [0, 0.1) is 0 Å². The maximum atomic E-state index is 12.8. The van der Waals surface area contributed by atoms with E-state index < -0.39 is 12.1 Å². The minimum Gasteiger partial charge on any atom is -0.507 e. The molecule has 0 aliphatic rings. The molecule has 3 aromatic rings. The molecule has 0 radical (unpaired) electrons. The second-order valence-electron chi connectivity index (χ2n) is 8.00. The van der Waals surface area contributed by atoms with Crippen LogP contribution >= 0.6 is 0 Å². The second kappa shape index (κ2) is 13.0. The maximum Gasteiger partial charge on any atom is 0.333 e. The molecule has 192 valence electrons. The van der Waals surface area contributed by atoms with Crippen LogP contribution in [0.1, 0.15) is 22.8 Å². The number of phenolic OH excluding ortho intramolecular Hbond substituents is 1. The minimum absolute atomic E-state index is 0.0858. The highest BCUT2D eigenvalue weighted by molar-refractivity contribution is 6.11. The lowest BCUT2D eigenvalue weighted by Gasteiger charge is -2.17. The van der Waals surface area contributed by atoms with Gasteiger partial charge >= 0.3 is 5.97 Å². The molecule has 0 amide bonds. The van der Waals surface area contributed by atoms with Crippen LogP contribution in [0.2, 0.25) is 0 Å². The molecule has 0 fully saturated rings. The van der Waals surface area contributed by atoms with E-state index in [1.807, 2.05) is 0 Å². The quantitative estimate of drug-likeness (QED) is 0.149. The van der Waals surface area contributed by atoms with Gasteiger partial charge in [-0.15, -0.1) is 5.11 Å². The zero-order valence-electron chi connectivity index (χ0n) is 20.8. The molecule has 0 aromatic heterocycles. The molecule has 0 bridgehead atoms. The number of azo groups is 1. The van der Waals surface area contributed by atoms with Crippen LogP contribution in [-0.2, 0) is 14.3 Å². The Morgan fingerprint density at radius 3 is 2.30 bits per heavy atom. The molecule has 0 spiro atoms. The summed E-state index contributed by atoms with van der Waals surface area (Å²) in [6.45, 7) is 5.40. The zero-order valence-corrected chi connectivity index (χ0v) is 20.8. The van der Waals surface area contributed by atoms with E-state index in [9.17, 15) is 14.7 Å². The highest BCUT2D eigenvalue weighted by Crippen LogP contribution is 2.36. The number of ketones is 1. The Hall–Kier alpha value is -4.50. The van der Waals surface area contributed by atoms with Gasteiger partial charge in [-0.25, -0.2) is 4.79 Å². The Bertz CT molecular complexity index is 1270. The molecule has 3 aromatic carbocycles. The lowest BCUT2D eigenvalue weighted by atomic mass is 10.0. The van der Waals surface area contributed by atoms with Crippen molar-refractivity contribution in [3.63, 3.8) is 0 Å². The smallest absolute Gasteiger partial charge is 0.333 e. The van der Waals surface area contributed by atoms with Crippen molar-refractivity contribution in [2.24, 2.45) is 10.2 Å². The Labute approximate surface area is 215 Å². The number of esters is 1. The van der Waals surface area contributed by atoms with Gasteiger partial charge in [-0.2, -0.15) is 5.11 Å². The molecule has 1 unspecified atom stereocenters. The maximum absolute atomic E-state index is 12.8. The van der Waals surface area contributed by atoms with E-state index in [-0.39, 0.29) is 47.3 Å². The molecule has 0 saturated carbocycles. The predicted octanol–water partition coefficient (Wildman–Crippen LogP) is 5.56. The third kappa shape index (κ3) is 7.49. The average Bonchev–Trinajstić information content (AvgIpc) is 2.91. The number of rotatable bonds is 12. The van der Waals surface area contributed by atoms with Crippen LogP contribution in [-0.4, -0.2) is 50.4 Å². The highest BCUT2D eigenvalue weighted by Gasteiger charge is 2.18. The van der Waals surface area contributed by atoms with Crippen molar-refractivity contribution in [3.05, 3.63) is 90.0 Å². The van der Waals surface area contributed by atoms with E-state index in [1.165, 1.54) is 26.4 Å². The molecule has 37 heavy (non-hydrogen) atoms. The summed E-state index contributed by atoms with van der Waals surface area (Å²) in [6.07, 6.45) is -0.594. The minimum atomic E-state index is -0.594. The first-order chi connectivity index (χ1) is 17.8. The van der Waals surface area contributed by atoms with Crippen molar-refractivity contribution in [1.82, 2.24) is 0 Å². The fourth-order valence-corrected chi connectivity index (χ4v) is 3.19. The van der Waals surface area contributed by atoms with E-state index in [1.54, 1.807) is 61.5 Å². The van der Waals surface area contributed by atoms with E-state index >= 15 is 0 Å². The summed E-state index contributed by atoms with van der Waals surface area (Å²) < 4.78 is 21.4. The zero-order chi connectivity index (χ0) is 26.8. The van der Waals surface area contributed by atoms with Crippen LogP contribution in [0.25, 0.3) is 0 Å². The highest BCUT2D eigenvalue weighted by atomic mass is 16.6. The second-order valence-corrected chi connectivity index (χ2v) is 8.00. The van der Waals surface area contributed by atoms with Gasteiger partial charge in [0.05, 0.1) is 25.0 Å². The van der Waals surface area contributed by atoms with Crippen LogP contribution in [0.3, 0.4) is 0 Å². The largest absolute Gasteiger partial charge is 0.507 e. The number of benzene rings is 3. The van der Waals surface area contributed by atoms with Crippen molar-refractivity contribution in [3.8, 4) is 17.2 Å². The van der Waals surface area contributed by atoms with E-state index in [0.29, 0.717) is 17.0 Å². The fourth-order valence-electron chi connectivity index (χ4n) is 3.19. The molecular formula is C28H28N2O7. The SMILES string of the molecule is C=C(C)C(=O)OC(COC)COc1ccc(N=Nc2cc(C(=O)c3ccccc3)c(O)cc2OC)cc1. The van der Waals surface area contributed by atoms with Crippen LogP contribution < -0.4 is 9.47 Å². The number of hydrogen-bond acceptors (Lipinski definition) is 9. The number of carbonyl (C=O) groups is 2.